The number of methoxy groups -OCH3 is 1. The number of piperazine rings is 1. The first-order valence-electron chi connectivity index (χ1n) is 11.4. The van der Waals surface area contributed by atoms with E-state index in [1.165, 1.54) is 0 Å². The van der Waals surface area contributed by atoms with Gasteiger partial charge in [-0.3, -0.25) is 4.98 Å². The number of anilines is 2. The Morgan fingerprint density at radius 3 is 2.39 bits per heavy atom. The van der Waals surface area contributed by atoms with Gasteiger partial charge in [-0.15, -0.1) is 0 Å². The van der Waals surface area contributed by atoms with Crippen LogP contribution in [-0.4, -0.2) is 57.0 Å². The molecule has 2 aromatic carbocycles. The van der Waals surface area contributed by atoms with Crippen LogP contribution >= 0.6 is 0 Å². The van der Waals surface area contributed by atoms with Gasteiger partial charge in [0.1, 0.15) is 22.6 Å². The molecule has 0 amide bonds. The van der Waals surface area contributed by atoms with Crippen molar-refractivity contribution in [2.45, 2.75) is 26.9 Å². The fourth-order valence-corrected chi connectivity index (χ4v) is 4.29. The lowest BCUT2D eigenvalue weighted by atomic mass is 10.1. The molecule has 3 aromatic rings. The summed E-state index contributed by atoms with van der Waals surface area (Å²) in [7, 11) is 1.63. The number of nitrogens with zero attached hydrogens (tertiary/aromatic N) is 3. The third kappa shape index (κ3) is 4.67. The minimum absolute atomic E-state index is 0.109. The minimum Gasteiger partial charge on any atom is -0.494 e. The van der Waals surface area contributed by atoms with Crippen LogP contribution in [-0.2, 0) is 4.74 Å². The number of hydrogen-bond donors (Lipinski definition) is 0. The Bertz CT molecular complexity index is 1120. The fourth-order valence-electron chi connectivity index (χ4n) is 4.29. The number of carbonyl (C=O) groups excluding carboxylic acids is 1. The van der Waals surface area contributed by atoms with Gasteiger partial charge in [0.2, 0.25) is 0 Å². The van der Waals surface area contributed by atoms with Crippen molar-refractivity contribution in [3.63, 3.8) is 0 Å². The smallest absolute Gasteiger partial charge is 0.341 e. The van der Waals surface area contributed by atoms with Gasteiger partial charge in [0.15, 0.2) is 0 Å². The Kier molecular flexibility index (Phi) is 6.87. The van der Waals surface area contributed by atoms with E-state index >= 15 is 0 Å². The highest BCUT2D eigenvalue weighted by Gasteiger charge is 2.26. The molecule has 1 saturated heterocycles. The van der Waals surface area contributed by atoms with E-state index in [1.807, 2.05) is 57.2 Å². The summed E-state index contributed by atoms with van der Waals surface area (Å²) in [6.45, 7) is 9.29. The molecule has 1 aliphatic rings. The van der Waals surface area contributed by atoms with Gasteiger partial charge >= 0.3 is 5.97 Å². The zero-order chi connectivity index (χ0) is 23.4. The molecule has 7 nitrogen and oxygen atoms in total. The molecule has 0 N–H and O–H groups in total. The number of pyridine rings is 1. The lowest BCUT2D eigenvalue weighted by Crippen LogP contribution is -2.47. The number of hydrogen-bond acceptors (Lipinski definition) is 7. The van der Waals surface area contributed by atoms with Gasteiger partial charge in [0.25, 0.3) is 0 Å². The van der Waals surface area contributed by atoms with Crippen molar-refractivity contribution in [2.75, 3.05) is 49.7 Å². The second-order valence-corrected chi connectivity index (χ2v) is 8.21. The van der Waals surface area contributed by atoms with Crippen molar-refractivity contribution < 1.29 is 19.0 Å². The molecular weight excluding hydrogens is 418 g/mol. The molecule has 0 radical (unpaired) electrons. The van der Waals surface area contributed by atoms with E-state index in [0.29, 0.717) is 17.9 Å². The molecule has 0 saturated carbocycles. The number of ether oxygens (including phenoxy) is 3. The first-order valence-corrected chi connectivity index (χ1v) is 11.4. The standard InChI is InChI=1S/C26H31N3O4/c1-5-32-26(30)20-17-27-24-19(9-8-12-23(24)31-4)25(20)29-15-13-28(14-16-29)21-10-6-7-11-22(21)33-18(2)3/h6-12,17-18H,5,13-16H2,1-4H3. The van der Waals surface area contributed by atoms with E-state index in [1.54, 1.807) is 13.3 Å². The second-order valence-electron chi connectivity index (χ2n) is 8.21. The molecule has 0 spiro atoms. The molecule has 0 unspecified atom stereocenters. The summed E-state index contributed by atoms with van der Waals surface area (Å²) < 4.78 is 16.9. The molecule has 174 valence electrons. The van der Waals surface area contributed by atoms with E-state index in [0.717, 1.165) is 54.2 Å². The van der Waals surface area contributed by atoms with Crippen LogP contribution in [0.1, 0.15) is 31.1 Å². The number of benzene rings is 2. The van der Waals surface area contributed by atoms with Gasteiger partial charge in [-0.2, -0.15) is 0 Å². The van der Waals surface area contributed by atoms with E-state index in [9.17, 15) is 4.79 Å². The minimum atomic E-state index is -0.358. The summed E-state index contributed by atoms with van der Waals surface area (Å²) in [5, 5.41) is 0.886. The lowest BCUT2D eigenvalue weighted by Gasteiger charge is -2.39. The molecular formula is C26H31N3O4. The predicted octanol–water partition coefficient (Wildman–Crippen LogP) is 4.53. The second kappa shape index (κ2) is 9.98. The molecule has 0 atom stereocenters. The largest absolute Gasteiger partial charge is 0.494 e. The van der Waals surface area contributed by atoms with Crippen LogP contribution in [0.2, 0.25) is 0 Å². The van der Waals surface area contributed by atoms with Gasteiger partial charge in [0, 0.05) is 37.8 Å². The zero-order valence-corrected chi connectivity index (χ0v) is 19.7. The molecule has 33 heavy (non-hydrogen) atoms. The quantitative estimate of drug-likeness (QED) is 0.491. The summed E-state index contributed by atoms with van der Waals surface area (Å²) in [5.41, 5.74) is 3.16. The zero-order valence-electron chi connectivity index (χ0n) is 19.7. The molecule has 1 fully saturated rings. The molecule has 0 aliphatic carbocycles. The Morgan fingerprint density at radius 1 is 1.00 bits per heavy atom. The van der Waals surface area contributed by atoms with Crippen LogP contribution in [0.15, 0.2) is 48.7 Å². The number of para-hydroxylation sites is 3. The van der Waals surface area contributed by atoms with Crippen molar-refractivity contribution in [1.29, 1.82) is 0 Å². The molecule has 1 aromatic heterocycles. The summed E-state index contributed by atoms with van der Waals surface area (Å²) in [6.07, 6.45) is 1.72. The SMILES string of the molecule is CCOC(=O)c1cnc2c(OC)cccc2c1N1CCN(c2ccccc2OC(C)C)CC1. The van der Waals surface area contributed by atoms with E-state index in [-0.39, 0.29) is 12.1 Å². The molecule has 4 rings (SSSR count). The van der Waals surface area contributed by atoms with Crippen LogP contribution in [0, 0.1) is 0 Å². The van der Waals surface area contributed by atoms with Crippen LogP contribution in [0.3, 0.4) is 0 Å². The first-order chi connectivity index (χ1) is 16.0. The molecule has 1 aliphatic heterocycles. The topological polar surface area (TPSA) is 64.1 Å². The maximum atomic E-state index is 12.8. The number of esters is 1. The Balaban J connectivity index is 1.67. The summed E-state index contributed by atoms with van der Waals surface area (Å²) in [4.78, 5) is 21.9. The van der Waals surface area contributed by atoms with Gasteiger partial charge in [-0.05, 0) is 39.0 Å². The van der Waals surface area contributed by atoms with Gasteiger partial charge in [-0.1, -0.05) is 24.3 Å². The number of aromatic nitrogens is 1. The third-order valence-electron chi connectivity index (χ3n) is 5.71. The van der Waals surface area contributed by atoms with E-state index in [2.05, 4.69) is 20.9 Å². The average Bonchev–Trinajstić information content (AvgIpc) is 2.83. The predicted molar refractivity (Wildman–Crippen MR) is 131 cm³/mol. The highest BCUT2D eigenvalue weighted by Crippen LogP contribution is 2.36. The molecule has 7 heteroatoms. The Hall–Kier alpha value is -3.48. The molecule has 2 heterocycles. The average molecular weight is 450 g/mol. The number of fused-ring (bicyclic) bond motifs is 1. The van der Waals surface area contributed by atoms with Crippen molar-refractivity contribution >= 4 is 28.2 Å². The van der Waals surface area contributed by atoms with Gasteiger partial charge in [0.05, 0.1) is 31.2 Å². The van der Waals surface area contributed by atoms with Crippen LogP contribution in [0.4, 0.5) is 11.4 Å². The normalized spacial score (nSPS) is 14.0. The monoisotopic (exact) mass is 449 g/mol. The summed E-state index contributed by atoms with van der Waals surface area (Å²) >= 11 is 0. The molecule has 0 bridgehead atoms. The third-order valence-corrected chi connectivity index (χ3v) is 5.71. The van der Waals surface area contributed by atoms with Crippen LogP contribution < -0.4 is 19.3 Å². The Labute approximate surface area is 194 Å². The number of rotatable bonds is 7. The maximum Gasteiger partial charge on any atom is 0.341 e. The van der Waals surface area contributed by atoms with Crippen LogP contribution in [0.25, 0.3) is 10.9 Å². The van der Waals surface area contributed by atoms with Crippen molar-refractivity contribution in [2.24, 2.45) is 0 Å². The van der Waals surface area contributed by atoms with E-state index < -0.39 is 0 Å². The van der Waals surface area contributed by atoms with Crippen molar-refractivity contribution in [1.82, 2.24) is 4.98 Å². The highest BCUT2D eigenvalue weighted by atomic mass is 16.5. The fraction of sp³-hybridized carbons (Fsp3) is 0.385. The summed E-state index contributed by atoms with van der Waals surface area (Å²) in [6, 6.07) is 14.0. The van der Waals surface area contributed by atoms with E-state index in [4.69, 9.17) is 14.2 Å². The number of carbonyl (C=O) groups is 1. The lowest BCUT2D eigenvalue weighted by molar-refractivity contribution is 0.0526. The Morgan fingerprint density at radius 2 is 1.70 bits per heavy atom. The van der Waals surface area contributed by atoms with Crippen molar-refractivity contribution in [3.05, 3.63) is 54.2 Å². The van der Waals surface area contributed by atoms with Gasteiger partial charge < -0.3 is 24.0 Å². The van der Waals surface area contributed by atoms with Gasteiger partial charge in [-0.25, -0.2) is 4.79 Å². The van der Waals surface area contributed by atoms with Crippen LogP contribution in [0.5, 0.6) is 11.5 Å². The first kappa shape index (κ1) is 22.7. The highest BCUT2D eigenvalue weighted by molar-refractivity contribution is 6.06. The maximum absolute atomic E-state index is 12.8. The van der Waals surface area contributed by atoms with Crippen molar-refractivity contribution in [3.8, 4) is 11.5 Å². The summed E-state index contributed by atoms with van der Waals surface area (Å²) in [5.74, 6) is 1.22.